The van der Waals surface area contributed by atoms with E-state index in [1.54, 1.807) is 0 Å². The van der Waals surface area contributed by atoms with Crippen molar-refractivity contribution in [3.8, 4) is 33.8 Å². The number of nitrogens with one attached hydrogen (secondary N) is 2. The molecule has 2 N–H and O–H groups in total. The van der Waals surface area contributed by atoms with Gasteiger partial charge in [0, 0.05) is 49.4 Å². The molecule has 0 saturated carbocycles. The highest BCUT2D eigenvalue weighted by atomic mass is 15.0. The Labute approximate surface area is 327 Å². The number of nitrogens with zero attached hydrogens (tertiary/aromatic N) is 4. The summed E-state index contributed by atoms with van der Waals surface area (Å²) in [5, 5.41) is 14.8. The minimum Gasteiger partial charge on any atom is -0.323 e. The van der Waals surface area contributed by atoms with Gasteiger partial charge in [-0.25, -0.2) is 4.98 Å². The van der Waals surface area contributed by atoms with Crippen LogP contribution in [0, 0.1) is 5.41 Å². The van der Waals surface area contributed by atoms with Crippen LogP contribution in [0.3, 0.4) is 0 Å². The fourth-order valence-electron chi connectivity index (χ4n) is 8.36. The number of aromatic nitrogens is 4. The van der Waals surface area contributed by atoms with Crippen LogP contribution in [0.4, 0.5) is 0 Å². The molecule has 0 spiro atoms. The lowest BCUT2D eigenvalue weighted by Crippen LogP contribution is -2.17. The van der Waals surface area contributed by atoms with Crippen molar-refractivity contribution in [1.29, 1.82) is 5.41 Å². The van der Waals surface area contributed by atoms with Crippen LogP contribution in [0.15, 0.2) is 199 Å². The van der Waals surface area contributed by atoms with Crippen LogP contribution in [-0.4, -0.2) is 24.9 Å². The molecule has 0 unspecified atom stereocenters. The van der Waals surface area contributed by atoms with E-state index < -0.39 is 0 Å². The van der Waals surface area contributed by atoms with Crippen molar-refractivity contribution in [2.75, 3.05) is 0 Å². The van der Waals surface area contributed by atoms with E-state index in [2.05, 4.69) is 153 Å². The summed E-state index contributed by atoms with van der Waals surface area (Å²) in [6.45, 7) is 0. The number of rotatable bonds is 5. The normalized spacial score (nSPS) is 12.0. The number of fused-ring (bicyclic) bond motifs is 7. The summed E-state index contributed by atoms with van der Waals surface area (Å²) in [5.74, 6) is 0.132. The summed E-state index contributed by atoms with van der Waals surface area (Å²) < 4.78 is 4.73. The van der Waals surface area contributed by atoms with Gasteiger partial charge in [-0.1, -0.05) is 127 Å². The maximum absolute atomic E-state index is 9.02. The van der Waals surface area contributed by atoms with Crippen LogP contribution in [0.25, 0.3) is 88.3 Å². The first-order valence-electron chi connectivity index (χ1n) is 19.1. The lowest BCUT2D eigenvalue weighted by molar-refractivity contribution is 1.05. The minimum atomic E-state index is 0.132. The van der Waals surface area contributed by atoms with Gasteiger partial charge in [-0.3, -0.25) is 5.41 Å². The Morgan fingerprint density at radius 2 is 0.982 bits per heavy atom. The molecule has 3 aromatic heterocycles. The second kappa shape index (κ2) is 13.2. The Morgan fingerprint density at radius 1 is 0.439 bits per heavy atom. The average Bonchev–Trinajstić information content (AvgIpc) is 3.78. The summed E-state index contributed by atoms with van der Waals surface area (Å²) in [7, 11) is 0. The zero-order valence-corrected chi connectivity index (χ0v) is 30.8. The number of hydrogen-bond acceptors (Lipinski definition) is 2. The van der Waals surface area contributed by atoms with Crippen molar-refractivity contribution in [3.63, 3.8) is 0 Å². The fourth-order valence-corrected chi connectivity index (χ4v) is 8.36. The second-order valence-corrected chi connectivity index (χ2v) is 14.3. The lowest BCUT2D eigenvalue weighted by atomic mass is 10.1. The molecule has 11 rings (SSSR count). The molecule has 0 amide bonds. The van der Waals surface area contributed by atoms with Crippen molar-refractivity contribution in [2.24, 2.45) is 4.99 Å². The molecule has 0 saturated heterocycles. The zero-order chi connectivity index (χ0) is 37.9. The first kappa shape index (κ1) is 32.6. The molecule has 57 heavy (non-hydrogen) atoms. The van der Waals surface area contributed by atoms with Crippen LogP contribution in [0.2, 0.25) is 0 Å². The van der Waals surface area contributed by atoms with Crippen molar-refractivity contribution in [2.45, 2.75) is 0 Å². The molecule has 0 aliphatic rings. The molecule has 3 heterocycles. The molecule has 268 valence electrons. The Hall–Kier alpha value is -7.83. The zero-order valence-electron chi connectivity index (χ0n) is 30.8. The molecule has 0 aliphatic heterocycles. The molecule has 0 bridgehead atoms. The quantitative estimate of drug-likeness (QED) is 0.134. The Balaban J connectivity index is 1.04. The summed E-state index contributed by atoms with van der Waals surface area (Å²) in [4.78, 5) is 12.9. The van der Waals surface area contributed by atoms with Crippen LogP contribution in [0.1, 0.15) is 5.56 Å². The van der Waals surface area contributed by atoms with Crippen molar-refractivity contribution >= 4 is 60.4 Å². The van der Waals surface area contributed by atoms with Crippen LogP contribution >= 0.6 is 0 Å². The summed E-state index contributed by atoms with van der Waals surface area (Å²) >= 11 is 0. The second-order valence-electron chi connectivity index (χ2n) is 14.3. The third kappa shape index (κ3) is 5.46. The largest absolute Gasteiger partial charge is 0.323 e. The minimum absolute atomic E-state index is 0.132. The Morgan fingerprint density at radius 3 is 1.65 bits per heavy atom. The highest BCUT2D eigenvalue weighted by Gasteiger charge is 2.19. The standard InChI is InChI=1S/C51H34N6/c52-50(55-51-53-44-23-10-7-22-41(44)49(54-51)34-16-5-2-6-17-34)35-26-28-37(29-27-35)56-45-24-11-8-20-39(45)42-32-48-43(31-47(42)56)40-21-9-12-25-46(40)57(48)38-19-13-18-36(30-38)33-14-3-1-4-15-33/h1-32H,(H2,52,53,54,55). The molecule has 0 fully saturated rings. The Kier molecular flexibility index (Phi) is 7.54. The average molecular weight is 731 g/mol. The molecule has 6 nitrogen and oxygen atoms in total. The predicted octanol–water partition coefficient (Wildman–Crippen LogP) is 12.0. The summed E-state index contributed by atoms with van der Waals surface area (Å²) in [6, 6.07) is 67.7. The molecule has 6 heteroatoms. The molecule has 11 aromatic rings. The predicted molar refractivity (Wildman–Crippen MR) is 234 cm³/mol. The monoisotopic (exact) mass is 730 g/mol. The van der Waals surface area contributed by atoms with Crippen LogP contribution in [-0.2, 0) is 0 Å². The molecule has 0 atom stereocenters. The smallest absolute Gasteiger partial charge is 0.229 e. The summed E-state index contributed by atoms with van der Waals surface area (Å²) in [6.07, 6.45) is 0. The number of amidine groups is 1. The van der Waals surface area contributed by atoms with Crippen molar-refractivity contribution in [3.05, 3.63) is 205 Å². The van der Waals surface area contributed by atoms with E-state index in [1.807, 2.05) is 60.7 Å². The van der Waals surface area contributed by atoms with Gasteiger partial charge in [-0.15, -0.1) is 0 Å². The third-order valence-corrected chi connectivity index (χ3v) is 11.0. The first-order chi connectivity index (χ1) is 28.2. The van der Waals surface area contributed by atoms with Gasteiger partial charge in [0.2, 0.25) is 5.62 Å². The number of aromatic amines is 1. The molecule has 0 aliphatic carbocycles. The lowest BCUT2D eigenvalue weighted by Gasteiger charge is -2.11. The van der Waals surface area contributed by atoms with Crippen molar-refractivity contribution in [1.82, 2.24) is 19.1 Å². The van der Waals surface area contributed by atoms with Gasteiger partial charge in [0.1, 0.15) is 0 Å². The molecule has 8 aromatic carbocycles. The van der Waals surface area contributed by atoms with Gasteiger partial charge >= 0.3 is 0 Å². The fraction of sp³-hybridized carbons (Fsp3) is 0. The topological polar surface area (TPSA) is 74.8 Å². The van der Waals surface area contributed by atoms with E-state index in [4.69, 9.17) is 10.4 Å². The number of benzene rings is 8. The van der Waals surface area contributed by atoms with E-state index in [-0.39, 0.29) is 5.84 Å². The molecular weight excluding hydrogens is 697 g/mol. The maximum atomic E-state index is 9.02. The number of hydrogen-bond donors (Lipinski definition) is 2. The third-order valence-electron chi connectivity index (χ3n) is 11.0. The van der Waals surface area contributed by atoms with Gasteiger partial charge in [-0.2, -0.15) is 4.99 Å². The highest BCUT2D eigenvalue weighted by molar-refractivity contribution is 6.19. The van der Waals surface area contributed by atoms with E-state index in [1.165, 1.54) is 38.2 Å². The first-order valence-corrected chi connectivity index (χ1v) is 19.1. The van der Waals surface area contributed by atoms with Crippen LogP contribution < -0.4 is 5.62 Å². The van der Waals surface area contributed by atoms with E-state index in [0.717, 1.165) is 50.1 Å². The SMILES string of the molecule is N=C(/N=c1/nc(-c2ccccc2)c2ccccc2[nH]1)c1ccc(-n2c3ccccc3c3cc4c(cc32)c2ccccc2n4-c2cccc(-c3ccccc3)c2)cc1. The van der Waals surface area contributed by atoms with Gasteiger partial charge in [-0.05, 0) is 77.9 Å². The van der Waals surface area contributed by atoms with E-state index in [0.29, 0.717) is 11.2 Å². The van der Waals surface area contributed by atoms with Gasteiger partial charge in [0.15, 0.2) is 5.84 Å². The highest BCUT2D eigenvalue weighted by Crippen LogP contribution is 2.40. The van der Waals surface area contributed by atoms with Gasteiger partial charge < -0.3 is 14.1 Å². The van der Waals surface area contributed by atoms with E-state index in [9.17, 15) is 0 Å². The summed E-state index contributed by atoms with van der Waals surface area (Å²) in [5.41, 5.74) is 12.9. The van der Waals surface area contributed by atoms with Crippen LogP contribution in [0.5, 0.6) is 0 Å². The number of para-hydroxylation sites is 3. The molecule has 0 radical (unpaired) electrons. The van der Waals surface area contributed by atoms with Gasteiger partial charge in [0.25, 0.3) is 0 Å². The maximum Gasteiger partial charge on any atom is 0.229 e. The molecular formula is C51H34N6. The Bertz CT molecular complexity index is 3410. The van der Waals surface area contributed by atoms with Crippen molar-refractivity contribution < 1.29 is 0 Å². The number of H-pyrrole nitrogens is 1. The van der Waals surface area contributed by atoms with Gasteiger partial charge in [0.05, 0.1) is 33.3 Å². The van der Waals surface area contributed by atoms with E-state index >= 15 is 0 Å².